The van der Waals surface area contributed by atoms with Gasteiger partial charge in [0.05, 0.1) is 0 Å². The lowest BCUT2D eigenvalue weighted by atomic mass is 10.0. The van der Waals surface area contributed by atoms with Crippen LogP contribution in [0.2, 0.25) is 0 Å². The van der Waals surface area contributed by atoms with Gasteiger partial charge in [-0.05, 0) is 30.5 Å². The van der Waals surface area contributed by atoms with Crippen molar-refractivity contribution in [3.8, 4) is 0 Å². The summed E-state index contributed by atoms with van der Waals surface area (Å²) in [5.41, 5.74) is 2.31. The number of amides is 2. The molecule has 1 saturated heterocycles. The van der Waals surface area contributed by atoms with Crippen LogP contribution in [-0.4, -0.2) is 38.7 Å². The van der Waals surface area contributed by atoms with Crippen LogP contribution < -0.4 is 5.32 Å². The van der Waals surface area contributed by atoms with Crippen molar-refractivity contribution < 1.29 is 9.59 Å². The van der Waals surface area contributed by atoms with E-state index in [1.165, 1.54) is 0 Å². The highest BCUT2D eigenvalue weighted by Crippen LogP contribution is 2.16. The molecule has 6 heteroatoms. The molecule has 0 saturated carbocycles. The Hall–Kier alpha value is -3.15. The highest BCUT2D eigenvalue weighted by molar-refractivity contribution is 5.98. The lowest BCUT2D eigenvalue weighted by molar-refractivity contribution is -0.136. The molecule has 3 aromatic rings. The van der Waals surface area contributed by atoms with Gasteiger partial charge in [0.15, 0.2) is 0 Å². The number of carbonyl (C=O) groups is 2. The average Bonchev–Trinajstić information content (AvgIpc) is 3.13. The molecule has 0 unspecified atom stereocenters. The number of hydrogen-bond donors (Lipinski definition) is 1. The smallest absolute Gasteiger partial charge is 0.252 e. The van der Waals surface area contributed by atoms with Crippen LogP contribution in [0, 0.1) is 0 Å². The first kappa shape index (κ1) is 16.3. The molecule has 1 aliphatic rings. The Balaban J connectivity index is 1.44. The fourth-order valence-corrected chi connectivity index (χ4v) is 3.33. The molecule has 0 bridgehead atoms. The van der Waals surface area contributed by atoms with E-state index < -0.39 is 6.04 Å². The van der Waals surface area contributed by atoms with Gasteiger partial charge in [0, 0.05) is 37.2 Å². The maximum Gasteiger partial charge on any atom is 0.252 e. The number of carbonyl (C=O) groups excluding carboxylic acids is 2. The minimum absolute atomic E-state index is 0.0182. The van der Waals surface area contributed by atoms with Gasteiger partial charge >= 0.3 is 0 Å². The summed E-state index contributed by atoms with van der Waals surface area (Å²) in [6.45, 7) is 1.30. The number of piperidine rings is 1. The second-order valence-electron chi connectivity index (χ2n) is 6.52. The molecule has 2 aromatic heterocycles. The topological polar surface area (TPSA) is 66.7 Å². The molecule has 1 aromatic carbocycles. The van der Waals surface area contributed by atoms with Gasteiger partial charge in [-0.2, -0.15) is 0 Å². The number of pyridine rings is 1. The van der Waals surface area contributed by atoms with E-state index in [0.717, 1.165) is 18.5 Å². The Kier molecular flexibility index (Phi) is 4.39. The molecule has 6 nitrogen and oxygen atoms in total. The maximum absolute atomic E-state index is 12.8. The first-order valence-electron chi connectivity index (χ1n) is 8.77. The SMILES string of the molecule is O=C(N[C@@H]1CCCN(Cc2ccccc2)C1=O)c1ccn2ccnc2c1. The van der Waals surface area contributed by atoms with E-state index in [-0.39, 0.29) is 11.8 Å². The normalized spacial score (nSPS) is 17.5. The highest BCUT2D eigenvalue weighted by Gasteiger charge is 2.30. The molecular formula is C20H20N4O2. The summed E-state index contributed by atoms with van der Waals surface area (Å²) in [7, 11) is 0. The van der Waals surface area contributed by atoms with E-state index in [9.17, 15) is 9.59 Å². The Morgan fingerprint density at radius 1 is 1.19 bits per heavy atom. The molecule has 2 amide bonds. The molecule has 26 heavy (non-hydrogen) atoms. The highest BCUT2D eigenvalue weighted by atomic mass is 16.2. The zero-order valence-corrected chi connectivity index (χ0v) is 14.3. The number of nitrogens with zero attached hydrogens (tertiary/aromatic N) is 3. The summed E-state index contributed by atoms with van der Waals surface area (Å²) >= 11 is 0. The van der Waals surface area contributed by atoms with Gasteiger partial charge < -0.3 is 14.6 Å². The van der Waals surface area contributed by atoms with Gasteiger partial charge in [-0.15, -0.1) is 0 Å². The molecule has 132 valence electrons. The lowest BCUT2D eigenvalue weighted by Crippen LogP contribution is -2.51. The summed E-state index contributed by atoms with van der Waals surface area (Å²) in [5.74, 6) is -0.259. The van der Waals surface area contributed by atoms with E-state index in [2.05, 4.69) is 10.3 Å². The number of aromatic nitrogens is 2. The number of rotatable bonds is 4. The van der Waals surface area contributed by atoms with E-state index in [4.69, 9.17) is 0 Å². The minimum Gasteiger partial charge on any atom is -0.340 e. The van der Waals surface area contributed by atoms with Crippen LogP contribution in [0.1, 0.15) is 28.8 Å². The summed E-state index contributed by atoms with van der Waals surface area (Å²) in [6.07, 6.45) is 6.85. The predicted octanol–water partition coefficient (Wildman–Crippen LogP) is 2.26. The fourth-order valence-electron chi connectivity index (χ4n) is 3.33. The number of fused-ring (bicyclic) bond motifs is 1. The van der Waals surface area contributed by atoms with Crippen molar-refractivity contribution in [3.05, 3.63) is 72.2 Å². The molecule has 1 atom stereocenters. The predicted molar refractivity (Wildman–Crippen MR) is 97.5 cm³/mol. The zero-order chi connectivity index (χ0) is 17.9. The summed E-state index contributed by atoms with van der Waals surface area (Å²) < 4.78 is 1.84. The van der Waals surface area contributed by atoms with Crippen LogP contribution >= 0.6 is 0 Å². The molecule has 1 N–H and O–H groups in total. The lowest BCUT2D eigenvalue weighted by Gasteiger charge is -2.32. The van der Waals surface area contributed by atoms with E-state index >= 15 is 0 Å². The number of benzene rings is 1. The summed E-state index contributed by atoms with van der Waals surface area (Å²) in [4.78, 5) is 31.3. The van der Waals surface area contributed by atoms with Crippen LogP contribution in [0.4, 0.5) is 0 Å². The van der Waals surface area contributed by atoms with Gasteiger partial charge in [0.1, 0.15) is 11.7 Å². The minimum atomic E-state index is -0.476. The maximum atomic E-state index is 12.8. The van der Waals surface area contributed by atoms with E-state index in [1.54, 1.807) is 24.5 Å². The Labute approximate surface area is 151 Å². The van der Waals surface area contributed by atoms with Gasteiger partial charge in [-0.1, -0.05) is 30.3 Å². The van der Waals surface area contributed by atoms with Gasteiger partial charge in [0.25, 0.3) is 5.91 Å². The number of nitrogens with one attached hydrogen (secondary N) is 1. The molecule has 1 aliphatic heterocycles. The molecule has 3 heterocycles. The molecule has 0 radical (unpaired) electrons. The van der Waals surface area contributed by atoms with Crippen molar-refractivity contribution in [2.75, 3.05) is 6.54 Å². The largest absolute Gasteiger partial charge is 0.340 e. The van der Waals surface area contributed by atoms with Crippen LogP contribution in [0.25, 0.3) is 5.65 Å². The van der Waals surface area contributed by atoms with Crippen molar-refractivity contribution in [1.29, 1.82) is 0 Å². The molecule has 1 fully saturated rings. The zero-order valence-electron chi connectivity index (χ0n) is 14.3. The second-order valence-corrected chi connectivity index (χ2v) is 6.52. The molecule has 0 spiro atoms. The monoisotopic (exact) mass is 348 g/mol. The standard InChI is InChI=1S/C20H20N4O2/c25-19(16-8-11-23-12-9-21-18(23)13-16)22-17-7-4-10-24(20(17)26)14-15-5-2-1-3-6-15/h1-3,5-6,8-9,11-13,17H,4,7,10,14H2,(H,22,25)/t17-/m1/s1. The average molecular weight is 348 g/mol. The van der Waals surface area contributed by atoms with Crippen LogP contribution in [0.3, 0.4) is 0 Å². The number of hydrogen-bond acceptors (Lipinski definition) is 3. The van der Waals surface area contributed by atoms with Crippen LogP contribution in [0.15, 0.2) is 61.1 Å². The third kappa shape index (κ3) is 3.31. The first-order valence-corrected chi connectivity index (χ1v) is 8.77. The molecule has 0 aliphatic carbocycles. The first-order chi connectivity index (χ1) is 12.7. The fraction of sp³-hybridized carbons (Fsp3) is 0.250. The second kappa shape index (κ2) is 7.00. The summed E-state index contributed by atoms with van der Waals surface area (Å²) in [5, 5.41) is 2.89. The van der Waals surface area contributed by atoms with Crippen molar-refractivity contribution in [1.82, 2.24) is 19.6 Å². The van der Waals surface area contributed by atoms with Crippen LogP contribution in [0.5, 0.6) is 0 Å². The van der Waals surface area contributed by atoms with Crippen LogP contribution in [-0.2, 0) is 11.3 Å². The van der Waals surface area contributed by atoms with E-state index in [1.807, 2.05) is 45.8 Å². The van der Waals surface area contributed by atoms with Gasteiger partial charge in [-0.3, -0.25) is 9.59 Å². The third-order valence-electron chi connectivity index (χ3n) is 4.71. The van der Waals surface area contributed by atoms with Gasteiger partial charge in [-0.25, -0.2) is 4.98 Å². The third-order valence-corrected chi connectivity index (χ3v) is 4.71. The Morgan fingerprint density at radius 2 is 2.04 bits per heavy atom. The van der Waals surface area contributed by atoms with Crippen molar-refractivity contribution >= 4 is 17.5 Å². The number of imidazole rings is 1. The van der Waals surface area contributed by atoms with Crippen molar-refractivity contribution in [2.45, 2.75) is 25.4 Å². The summed E-state index contributed by atoms with van der Waals surface area (Å²) in [6, 6.07) is 12.9. The van der Waals surface area contributed by atoms with E-state index in [0.29, 0.717) is 24.2 Å². The quantitative estimate of drug-likeness (QED) is 0.786. The Morgan fingerprint density at radius 3 is 2.88 bits per heavy atom. The van der Waals surface area contributed by atoms with Crippen molar-refractivity contribution in [3.63, 3.8) is 0 Å². The molecule has 4 rings (SSSR count). The van der Waals surface area contributed by atoms with Gasteiger partial charge in [0.2, 0.25) is 5.91 Å². The number of likely N-dealkylation sites (tertiary alicyclic amines) is 1. The van der Waals surface area contributed by atoms with Crippen molar-refractivity contribution in [2.24, 2.45) is 0 Å². The molecular weight excluding hydrogens is 328 g/mol. The Bertz CT molecular complexity index is 935.